The zero-order valence-electron chi connectivity index (χ0n) is 22.2. The van der Waals surface area contributed by atoms with Crippen molar-refractivity contribution in [2.24, 2.45) is 0 Å². The van der Waals surface area contributed by atoms with Crippen molar-refractivity contribution in [1.82, 2.24) is 5.32 Å². The molecule has 1 aliphatic heterocycles. The molecule has 9 nitrogen and oxygen atoms in total. The maximum atomic E-state index is 12.9. The molecule has 0 saturated heterocycles. The smallest absolute Gasteiger partial charge is 0.453 e. The molecule has 3 rings (SSSR count). The second-order valence-electron chi connectivity index (χ2n) is 9.35. The van der Waals surface area contributed by atoms with Gasteiger partial charge >= 0.3 is 17.7 Å². The molecular weight excluding hydrogens is 488 g/mol. The van der Waals surface area contributed by atoms with Crippen molar-refractivity contribution >= 4 is 11.9 Å². The number of nitriles is 1. The van der Waals surface area contributed by atoms with Crippen LogP contribution in [0.15, 0.2) is 42.5 Å². The Balaban J connectivity index is 1.65. The quantitative estimate of drug-likeness (QED) is 0.214. The molecule has 0 radical (unpaired) electrons. The van der Waals surface area contributed by atoms with Gasteiger partial charge in [-0.3, -0.25) is 0 Å². The van der Waals surface area contributed by atoms with Gasteiger partial charge in [-0.1, -0.05) is 44.9 Å². The Morgan fingerprint density at radius 3 is 2.32 bits per heavy atom. The van der Waals surface area contributed by atoms with Crippen molar-refractivity contribution in [2.45, 2.75) is 70.8 Å². The fraction of sp³-hybridized carbons (Fsp3) is 0.483. The van der Waals surface area contributed by atoms with Crippen molar-refractivity contribution in [3.05, 3.63) is 59.2 Å². The summed E-state index contributed by atoms with van der Waals surface area (Å²) in [7, 11) is 0. The number of hydrogen-bond donors (Lipinski definition) is 2. The standard InChI is InChI=1S/C29H36N2O7/c1-4-6-13-35-27(33)29(28(34)36-14-7-5-2)37-25-12-11-21(17-26(25)38-29)15-20(3)31-19-24(32)23-10-8-9-22(16-23)18-30/h8-12,16-17,20,24,31-32H,4-7,13-15,19H2,1-3H3. The van der Waals surface area contributed by atoms with Crippen LogP contribution in [0.4, 0.5) is 0 Å². The van der Waals surface area contributed by atoms with Crippen LogP contribution in [-0.4, -0.2) is 48.6 Å². The molecule has 0 fully saturated rings. The van der Waals surface area contributed by atoms with Crippen LogP contribution in [-0.2, 0) is 25.5 Å². The largest absolute Gasteiger partial charge is 0.459 e. The summed E-state index contributed by atoms with van der Waals surface area (Å²) in [6, 6.07) is 14.1. The zero-order chi connectivity index (χ0) is 27.5. The number of unbranched alkanes of at least 4 members (excludes halogenated alkanes) is 2. The van der Waals surface area contributed by atoms with Gasteiger partial charge in [0.1, 0.15) is 0 Å². The van der Waals surface area contributed by atoms with Gasteiger partial charge in [-0.25, -0.2) is 9.59 Å². The van der Waals surface area contributed by atoms with Crippen LogP contribution in [0.25, 0.3) is 0 Å². The zero-order valence-corrected chi connectivity index (χ0v) is 22.2. The SMILES string of the molecule is CCCCOC(=O)C1(C(=O)OCCCC)Oc2ccc(CC(C)NCC(O)c3cccc(C#N)c3)cc2O1. The number of carbonyl (C=O) groups is 2. The van der Waals surface area contributed by atoms with E-state index in [2.05, 4.69) is 11.4 Å². The molecule has 1 heterocycles. The summed E-state index contributed by atoms with van der Waals surface area (Å²) < 4.78 is 22.1. The average Bonchev–Trinajstić information content (AvgIpc) is 3.32. The number of nitrogens with zero attached hydrogens (tertiary/aromatic N) is 1. The van der Waals surface area contributed by atoms with Crippen LogP contribution in [0.3, 0.4) is 0 Å². The molecule has 2 unspecified atom stereocenters. The molecule has 2 aromatic rings. The molecule has 0 aliphatic carbocycles. The number of nitrogens with one attached hydrogen (secondary N) is 1. The number of aliphatic hydroxyl groups excluding tert-OH is 1. The average molecular weight is 525 g/mol. The Morgan fingerprint density at radius 2 is 1.68 bits per heavy atom. The van der Waals surface area contributed by atoms with E-state index in [0.29, 0.717) is 36.9 Å². The lowest BCUT2D eigenvalue weighted by atomic mass is 10.0. The minimum atomic E-state index is -2.33. The maximum Gasteiger partial charge on any atom is 0.453 e. The molecule has 204 valence electrons. The molecule has 1 aliphatic rings. The second kappa shape index (κ2) is 13.8. The van der Waals surface area contributed by atoms with Crippen LogP contribution < -0.4 is 14.8 Å². The first-order valence-electron chi connectivity index (χ1n) is 13.1. The molecule has 0 saturated carbocycles. The van der Waals surface area contributed by atoms with Crippen molar-refractivity contribution < 1.29 is 33.6 Å². The highest BCUT2D eigenvalue weighted by Crippen LogP contribution is 2.41. The van der Waals surface area contributed by atoms with Gasteiger partial charge < -0.3 is 29.4 Å². The normalized spacial score (nSPS) is 14.8. The summed E-state index contributed by atoms with van der Waals surface area (Å²) in [5.41, 5.74) is 2.04. The lowest BCUT2D eigenvalue weighted by Gasteiger charge is -2.23. The fourth-order valence-corrected chi connectivity index (χ4v) is 3.90. The summed E-state index contributed by atoms with van der Waals surface area (Å²) in [4.78, 5) is 25.9. The number of rotatable bonds is 14. The summed E-state index contributed by atoms with van der Waals surface area (Å²) in [5, 5.41) is 22.9. The molecule has 2 aromatic carbocycles. The third-order valence-electron chi connectivity index (χ3n) is 6.12. The van der Waals surface area contributed by atoms with E-state index in [1.165, 1.54) is 0 Å². The Labute approximate surface area is 223 Å². The number of fused-ring (bicyclic) bond motifs is 1. The molecule has 0 spiro atoms. The number of esters is 2. The highest BCUT2D eigenvalue weighted by molar-refractivity contribution is 6.03. The van der Waals surface area contributed by atoms with Gasteiger partial charge in [-0.2, -0.15) is 5.26 Å². The summed E-state index contributed by atoms with van der Waals surface area (Å²) in [5.74, 6) is -3.69. The van der Waals surface area contributed by atoms with Gasteiger partial charge in [0.2, 0.25) is 0 Å². The monoisotopic (exact) mass is 524 g/mol. The van der Waals surface area contributed by atoms with E-state index in [4.69, 9.17) is 24.2 Å². The molecule has 38 heavy (non-hydrogen) atoms. The lowest BCUT2D eigenvalue weighted by Crippen LogP contribution is -2.56. The van der Waals surface area contributed by atoms with Crippen LogP contribution in [0, 0.1) is 11.3 Å². The van der Waals surface area contributed by atoms with Crippen molar-refractivity contribution in [3.8, 4) is 17.6 Å². The van der Waals surface area contributed by atoms with Crippen molar-refractivity contribution in [2.75, 3.05) is 19.8 Å². The Bertz CT molecular complexity index is 1120. The number of aliphatic hydroxyl groups is 1. The Kier molecular flexibility index (Phi) is 10.5. The topological polar surface area (TPSA) is 127 Å². The molecule has 0 amide bonds. The van der Waals surface area contributed by atoms with Crippen LogP contribution in [0.2, 0.25) is 0 Å². The van der Waals surface area contributed by atoms with Gasteiger partial charge in [0.05, 0.1) is 31.0 Å². The molecule has 0 bridgehead atoms. The van der Waals surface area contributed by atoms with Crippen molar-refractivity contribution in [3.63, 3.8) is 0 Å². The number of carbonyl (C=O) groups excluding carboxylic acids is 2. The van der Waals surface area contributed by atoms with E-state index >= 15 is 0 Å². The van der Waals surface area contributed by atoms with Crippen LogP contribution >= 0.6 is 0 Å². The summed E-state index contributed by atoms with van der Waals surface area (Å²) in [6.45, 7) is 6.49. The maximum absolute atomic E-state index is 12.9. The van der Waals surface area contributed by atoms with E-state index in [-0.39, 0.29) is 30.8 Å². The predicted molar refractivity (Wildman–Crippen MR) is 139 cm³/mol. The van der Waals surface area contributed by atoms with Gasteiger partial charge in [0, 0.05) is 12.6 Å². The number of ether oxygens (including phenoxy) is 4. The van der Waals surface area contributed by atoms with E-state index in [9.17, 15) is 14.7 Å². The van der Waals surface area contributed by atoms with Crippen molar-refractivity contribution in [1.29, 1.82) is 5.26 Å². The van der Waals surface area contributed by atoms with Gasteiger partial charge in [-0.15, -0.1) is 0 Å². The third kappa shape index (κ3) is 7.24. The minimum Gasteiger partial charge on any atom is -0.459 e. The number of benzene rings is 2. The van der Waals surface area contributed by atoms with Gasteiger partial charge in [-0.05, 0) is 61.6 Å². The Morgan fingerprint density at radius 1 is 1.03 bits per heavy atom. The van der Waals surface area contributed by atoms with E-state index in [0.717, 1.165) is 18.4 Å². The lowest BCUT2D eigenvalue weighted by molar-refractivity contribution is -0.202. The van der Waals surface area contributed by atoms with E-state index < -0.39 is 23.8 Å². The van der Waals surface area contributed by atoms with E-state index in [1.807, 2.05) is 26.8 Å². The predicted octanol–water partition coefficient (Wildman–Crippen LogP) is 3.97. The van der Waals surface area contributed by atoms with Crippen LogP contribution in [0.1, 0.15) is 69.2 Å². The molecule has 0 aromatic heterocycles. The minimum absolute atomic E-state index is 0.0213. The van der Waals surface area contributed by atoms with Gasteiger partial charge in [0.15, 0.2) is 11.5 Å². The first kappa shape index (κ1) is 29.0. The summed E-state index contributed by atoms with van der Waals surface area (Å²) in [6.07, 6.45) is 2.75. The molecule has 9 heteroatoms. The fourth-order valence-electron chi connectivity index (χ4n) is 3.90. The van der Waals surface area contributed by atoms with Gasteiger partial charge in [0.25, 0.3) is 0 Å². The Hall–Kier alpha value is -3.61. The highest BCUT2D eigenvalue weighted by Gasteiger charge is 2.59. The molecule has 2 N–H and O–H groups in total. The first-order valence-corrected chi connectivity index (χ1v) is 13.1. The second-order valence-corrected chi connectivity index (χ2v) is 9.35. The molecular formula is C29H36N2O7. The number of hydrogen-bond acceptors (Lipinski definition) is 9. The first-order chi connectivity index (χ1) is 18.3. The third-order valence-corrected chi connectivity index (χ3v) is 6.12. The van der Waals surface area contributed by atoms with E-state index in [1.54, 1.807) is 36.4 Å². The molecule has 2 atom stereocenters. The highest BCUT2D eigenvalue weighted by atomic mass is 16.8. The summed E-state index contributed by atoms with van der Waals surface area (Å²) >= 11 is 0. The van der Waals surface area contributed by atoms with Crippen LogP contribution in [0.5, 0.6) is 11.5 Å².